The van der Waals surface area contributed by atoms with Crippen molar-refractivity contribution in [2.24, 2.45) is 0 Å². The van der Waals surface area contributed by atoms with E-state index in [-0.39, 0.29) is 78.4 Å². The Balaban J connectivity index is 1.39. The zero-order chi connectivity index (χ0) is 32.6. The number of benzene rings is 2. The lowest BCUT2D eigenvalue weighted by atomic mass is 9.74. The van der Waals surface area contributed by atoms with E-state index in [2.05, 4.69) is 34.9 Å². The predicted molar refractivity (Wildman–Crippen MR) is 181 cm³/mol. The minimum atomic E-state index is -0.716. The number of rotatable bonds is 2. The fourth-order valence-corrected chi connectivity index (χ4v) is 9.44. The van der Waals surface area contributed by atoms with Crippen LogP contribution in [0.5, 0.6) is 11.8 Å². The number of anilines is 2. The molecule has 1 saturated carbocycles. The Labute approximate surface area is 280 Å². The first kappa shape index (κ1) is 30.8. The van der Waals surface area contributed by atoms with Gasteiger partial charge in [0, 0.05) is 29.1 Å². The van der Waals surface area contributed by atoms with Crippen molar-refractivity contribution in [3.8, 4) is 29.0 Å². The number of hydrogen-bond donors (Lipinski definition) is 1. The van der Waals surface area contributed by atoms with Crippen LogP contribution >= 0.6 is 22.9 Å². The third-order valence-electron chi connectivity index (χ3n) is 10.9. The van der Waals surface area contributed by atoms with Gasteiger partial charge in [-0.1, -0.05) is 17.7 Å². The van der Waals surface area contributed by atoms with Gasteiger partial charge >= 0.3 is 6.01 Å². The molecule has 8 rings (SSSR count). The van der Waals surface area contributed by atoms with Crippen molar-refractivity contribution >= 4 is 54.7 Å². The zero-order valence-electron chi connectivity index (χ0n) is 26.4. The number of likely N-dealkylation sites (N-methyl/N-ethyl adjacent to an activating group) is 2. The number of ether oxygens (including phenoxy) is 2. The number of thiophene rings is 1. The molecular weight excluding hydrogens is 644 g/mol. The van der Waals surface area contributed by atoms with Crippen LogP contribution in [0.4, 0.5) is 19.6 Å². The van der Waals surface area contributed by atoms with Crippen molar-refractivity contribution in [2.75, 3.05) is 57.5 Å². The second-order valence-electron chi connectivity index (χ2n) is 13.4. The summed E-state index contributed by atoms with van der Waals surface area (Å²) in [6.07, 6.45) is 6.99. The minimum absolute atomic E-state index is 0.0112. The lowest BCUT2D eigenvalue weighted by Crippen LogP contribution is -2.59. The van der Waals surface area contributed by atoms with Gasteiger partial charge in [0.15, 0.2) is 11.6 Å². The Morgan fingerprint density at radius 2 is 1.89 bits per heavy atom. The van der Waals surface area contributed by atoms with Gasteiger partial charge in [-0.05, 0) is 83.8 Å². The van der Waals surface area contributed by atoms with Crippen molar-refractivity contribution in [1.82, 2.24) is 19.8 Å². The maximum atomic E-state index is 17.3. The summed E-state index contributed by atoms with van der Waals surface area (Å²) in [6.45, 7) is 3.45. The van der Waals surface area contributed by atoms with E-state index in [1.807, 2.05) is 0 Å². The molecule has 1 unspecified atom stereocenters. The Hall–Kier alpha value is -3.50. The van der Waals surface area contributed by atoms with Gasteiger partial charge in [-0.25, -0.2) is 8.78 Å². The highest BCUT2D eigenvalue weighted by Gasteiger charge is 2.44. The molecule has 5 heterocycles. The first-order valence-electron chi connectivity index (χ1n) is 16.3. The van der Waals surface area contributed by atoms with Crippen LogP contribution in [0.15, 0.2) is 12.1 Å². The molecule has 2 bridgehead atoms. The van der Waals surface area contributed by atoms with Gasteiger partial charge in [0.2, 0.25) is 0 Å². The molecule has 0 amide bonds. The Morgan fingerprint density at radius 3 is 2.62 bits per heavy atom. The van der Waals surface area contributed by atoms with E-state index in [1.54, 1.807) is 0 Å². The molecule has 0 radical (unpaired) electrons. The number of nitrogen functional groups attached to an aromatic ring is 1. The summed E-state index contributed by atoms with van der Waals surface area (Å²) < 4.78 is 45.4. The molecular formula is C34H36ClF2N7O2S. The van der Waals surface area contributed by atoms with Gasteiger partial charge in [0.25, 0.3) is 0 Å². The number of nitriles is 1. The van der Waals surface area contributed by atoms with Crippen molar-refractivity contribution in [1.29, 1.82) is 5.26 Å². The van der Waals surface area contributed by atoms with Crippen LogP contribution in [-0.4, -0.2) is 84.3 Å². The monoisotopic (exact) mass is 679 g/mol. The SMILES string of the molecule is CN1CCC[C@H]1C1CCCN(C)C2(CCC2)CN2CCOc3c(Cl)c(-c4ccc(F)c5sc(N)c(C#N)c45)c(F)c4nc(nc2c34)O1. The van der Waals surface area contributed by atoms with Crippen LogP contribution in [0.2, 0.25) is 5.02 Å². The van der Waals surface area contributed by atoms with E-state index in [9.17, 15) is 5.26 Å². The van der Waals surface area contributed by atoms with Gasteiger partial charge in [0.05, 0.1) is 27.2 Å². The highest BCUT2D eigenvalue weighted by molar-refractivity contribution is 7.23. The Morgan fingerprint density at radius 1 is 1.09 bits per heavy atom. The van der Waals surface area contributed by atoms with E-state index in [1.165, 1.54) is 12.1 Å². The maximum absolute atomic E-state index is 17.3. The molecule has 13 heteroatoms. The number of halogens is 3. The second kappa shape index (κ2) is 11.6. The molecule has 2 atom stereocenters. The molecule has 1 spiro atoms. The first-order valence-corrected chi connectivity index (χ1v) is 17.5. The van der Waals surface area contributed by atoms with Gasteiger partial charge < -0.3 is 20.1 Å². The fourth-order valence-electron chi connectivity index (χ4n) is 8.15. The largest absolute Gasteiger partial charge is 0.489 e. The van der Waals surface area contributed by atoms with Crippen molar-refractivity contribution in [3.63, 3.8) is 0 Å². The van der Waals surface area contributed by atoms with Gasteiger partial charge in [-0.15, -0.1) is 11.3 Å². The summed E-state index contributed by atoms with van der Waals surface area (Å²) in [5, 5.41) is 10.7. The average Bonchev–Trinajstić information content (AvgIpc) is 3.56. The fraction of sp³-hybridized carbons (Fsp3) is 0.500. The van der Waals surface area contributed by atoms with Crippen LogP contribution < -0.4 is 20.1 Å². The number of likely N-dealkylation sites (tertiary alicyclic amines) is 1. The van der Waals surface area contributed by atoms with E-state index in [0.29, 0.717) is 24.3 Å². The number of hydrogen-bond acceptors (Lipinski definition) is 10. The molecule has 2 N–H and O–H groups in total. The molecule has 47 heavy (non-hydrogen) atoms. The lowest BCUT2D eigenvalue weighted by Gasteiger charge is -2.51. The highest BCUT2D eigenvalue weighted by Crippen LogP contribution is 2.51. The van der Waals surface area contributed by atoms with E-state index < -0.39 is 11.6 Å². The van der Waals surface area contributed by atoms with Crippen molar-refractivity contribution in [2.45, 2.75) is 62.6 Å². The van der Waals surface area contributed by atoms with E-state index in [0.717, 1.165) is 69.4 Å². The van der Waals surface area contributed by atoms with Crippen LogP contribution in [0, 0.1) is 23.0 Å². The van der Waals surface area contributed by atoms with Crippen molar-refractivity contribution in [3.05, 3.63) is 34.4 Å². The van der Waals surface area contributed by atoms with Gasteiger partial charge in [0.1, 0.15) is 40.9 Å². The molecule has 9 nitrogen and oxygen atoms in total. The molecule has 2 fully saturated rings. The summed E-state index contributed by atoms with van der Waals surface area (Å²) in [5.41, 5.74) is 6.40. The summed E-state index contributed by atoms with van der Waals surface area (Å²) in [5.74, 6) is -0.475. The smallest absolute Gasteiger partial charge is 0.319 e. The number of nitrogens with two attached hydrogens (primary N) is 1. The molecule has 2 aromatic carbocycles. The normalized spacial score (nSPS) is 23.2. The molecule has 3 aliphatic heterocycles. The second-order valence-corrected chi connectivity index (χ2v) is 14.8. The van der Waals surface area contributed by atoms with Crippen LogP contribution in [-0.2, 0) is 0 Å². The van der Waals surface area contributed by atoms with Crippen LogP contribution in [0.1, 0.15) is 50.5 Å². The quantitative estimate of drug-likeness (QED) is 0.251. The Bertz CT molecular complexity index is 1960. The van der Waals surface area contributed by atoms with Gasteiger partial charge in [-0.2, -0.15) is 15.2 Å². The molecule has 4 aliphatic rings. The summed E-state index contributed by atoms with van der Waals surface area (Å²) in [4.78, 5) is 16.8. The molecule has 1 aliphatic carbocycles. The van der Waals surface area contributed by atoms with E-state index >= 15 is 8.78 Å². The first-order chi connectivity index (χ1) is 22.7. The molecule has 246 valence electrons. The zero-order valence-corrected chi connectivity index (χ0v) is 28.0. The van der Waals surface area contributed by atoms with Gasteiger partial charge in [-0.3, -0.25) is 9.80 Å². The number of fused-ring (bicyclic) bond motifs is 2. The molecule has 2 aromatic heterocycles. The van der Waals surface area contributed by atoms with Crippen molar-refractivity contribution < 1.29 is 18.3 Å². The third kappa shape index (κ3) is 4.80. The van der Waals surface area contributed by atoms with E-state index in [4.69, 9.17) is 36.8 Å². The molecule has 1 saturated heterocycles. The summed E-state index contributed by atoms with van der Waals surface area (Å²) >= 11 is 8.04. The summed E-state index contributed by atoms with van der Waals surface area (Å²) in [6, 6.07) is 5.06. The lowest BCUT2D eigenvalue weighted by molar-refractivity contribution is 0.0340. The molecule has 4 aromatic rings. The number of aromatic nitrogens is 2. The summed E-state index contributed by atoms with van der Waals surface area (Å²) in [7, 11) is 4.34. The van der Waals surface area contributed by atoms with Crippen LogP contribution in [0.25, 0.3) is 32.1 Å². The van der Waals surface area contributed by atoms with Crippen LogP contribution in [0.3, 0.4) is 0 Å². The predicted octanol–water partition coefficient (Wildman–Crippen LogP) is 6.59. The topological polar surface area (TPSA) is 104 Å². The maximum Gasteiger partial charge on any atom is 0.319 e. The number of nitrogens with zero attached hydrogens (tertiary/aromatic N) is 6. The third-order valence-corrected chi connectivity index (χ3v) is 12.3. The standard InChI is InChI=1S/C34H36ClF2N7O2S/c1-42-12-3-6-21(42)22-7-4-13-43(2)34(10-5-11-34)17-44-14-15-45-29-25-28(40-33(46-22)41-32(25)44)27(37)24(26(29)35)18-8-9-20(36)30-23(18)19(16-38)31(39)47-30/h8-9,21-22H,3-7,10-15,17,39H2,1-2H3/t21-,22?/m0/s1. The highest BCUT2D eigenvalue weighted by atomic mass is 35.5. The average molecular weight is 680 g/mol. The minimum Gasteiger partial charge on any atom is -0.489 e. The Kier molecular flexibility index (Phi) is 7.59.